The Balaban J connectivity index is 3.43. The lowest BCUT2D eigenvalue weighted by molar-refractivity contribution is 0.413. The zero-order valence-electron chi connectivity index (χ0n) is 9.44. The van der Waals surface area contributed by atoms with Gasteiger partial charge in [-0.05, 0) is 37.1 Å². The summed E-state index contributed by atoms with van der Waals surface area (Å²) in [4.78, 5) is 0.231. The van der Waals surface area contributed by atoms with Gasteiger partial charge in [-0.2, -0.15) is 5.26 Å². The Hall–Kier alpha value is -1.54. The third kappa shape index (κ3) is 2.34. The number of sulfone groups is 1. The van der Waals surface area contributed by atoms with Crippen molar-refractivity contribution in [3.63, 3.8) is 0 Å². The molecule has 86 valence electrons. The fourth-order valence-electron chi connectivity index (χ4n) is 1.68. The molecule has 0 aliphatic heterocycles. The number of methoxy groups -OCH3 is 1. The van der Waals surface area contributed by atoms with Gasteiger partial charge in [0, 0.05) is 0 Å². The average Bonchev–Trinajstić information content (AvgIpc) is 2.15. The van der Waals surface area contributed by atoms with Crippen LogP contribution >= 0.6 is 0 Å². The fourth-order valence-corrected chi connectivity index (χ4v) is 3.09. The van der Waals surface area contributed by atoms with E-state index < -0.39 is 15.6 Å². The largest absolute Gasteiger partial charge is 0.497 e. The summed E-state index contributed by atoms with van der Waals surface area (Å²) >= 11 is 0. The number of nitriles is 1. The molecule has 0 aromatic heterocycles. The second kappa shape index (κ2) is 4.54. The molecular formula is C11H13NO3S. The van der Waals surface area contributed by atoms with Crippen molar-refractivity contribution in [2.45, 2.75) is 18.7 Å². The molecule has 1 aromatic rings. The predicted molar refractivity (Wildman–Crippen MR) is 60.1 cm³/mol. The Morgan fingerprint density at radius 2 is 1.81 bits per heavy atom. The molecule has 0 radical (unpaired) electrons. The maximum Gasteiger partial charge on any atom is 0.192 e. The van der Waals surface area contributed by atoms with Gasteiger partial charge in [-0.3, -0.25) is 0 Å². The SMILES string of the molecule is COc1cc(C)c(S(=O)(=O)CC#N)c(C)c1. The Bertz CT molecular complexity index is 518. The predicted octanol–water partition coefficient (Wildman–Crippen LogP) is 1.61. The van der Waals surface area contributed by atoms with Gasteiger partial charge >= 0.3 is 0 Å². The molecule has 0 unspecified atom stereocenters. The van der Waals surface area contributed by atoms with Gasteiger partial charge in [0.2, 0.25) is 0 Å². The molecule has 0 aliphatic rings. The van der Waals surface area contributed by atoms with Gasteiger partial charge in [0.15, 0.2) is 9.84 Å². The van der Waals surface area contributed by atoms with E-state index in [1.807, 2.05) is 0 Å². The maximum absolute atomic E-state index is 11.8. The number of ether oxygens (including phenoxy) is 1. The zero-order valence-corrected chi connectivity index (χ0v) is 10.3. The van der Waals surface area contributed by atoms with Gasteiger partial charge in [0.1, 0.15) is 11.5 Å². The Morgan fingerprint density at radius 3 is 2.19 bits per heavy atom. The number of benzene rings is 1. The molecule has 0 N–H and O–H groups in total. The maximum atomic E-state index is 11.8. The molecule has 16 heavy (non-hydrogen) atoms. The summed E-state index contributed by atoms with van der Waals surface area (Å²) < 4.78 is 28.7. The third-order valence-electron chi connectivity index (χ3n) is 2.24. The van der Waals surface area contributed by atoms with Crippen molar-refractivity contribution < 1.29 is 13.2 Å². The quantitative estimate of drug-likeness (QED) is 0.803. The van der Waals surface area contributed by atoms with Gasteiger partial charge in [0.05, 0.1) is 18.1 Å². The van der Waals surface area contributed by atoms with E-state index in [1.165, 1.54) is 7.11 Å². The van der Waals surface area contributed by atoms with Crippen molar-refractivity contribution >= 4 is 9.84 Å². The summed E-state index contributed by atoms with van der Waals surface area (Å²) in [5.41, 5.74) is 1.21. The number of nitrogens with zero attached hydrogens (tertiary/aromatic N) is 1. The van der Waals surface area contributed by atoms with E-state index in [4.69, 9.17) is 10.00 Å². The molecule has 1 aromatic carbocycles. The zero-order chi connectivity index (χ0) is 12.3. The molecule has 0 atom stereocenters. The van der Waals surface area contributed by atoms with E-state index in [1.54, 1.807) is 32.0 Å². The second-order valence-corrected chi connectivity index (χ2v) is 5.43. The van der Waals surface area contributed by atoms with Crippen molar-refractivity contribution in [3.8, 4) is 11.8 Å². The second-order valence-electron chi connectivity index (χ2n) is 3.51. The van der Waals surface area contributed by atoms with Crippen molar-refractivity contribution in [2.75, 3.05) is 12.9 Å². The molecule has 5 heteroatoms. The summed E-state index contributed by atoms with van der Waals surface area (Å²) in [6.45, 7) is 3.39. The first-order valence-corrected chi connectivity index (χ1v) is 6.32. The van der Waals surface area contributed by atoms with Crippen LogP contribution in [0.3, 0.4) is 0 Å². The summed E-state index contributed by atoms with van der Waals surface area (Å²) in [6, 6.07) is 4.97. The van der Waals surface area contributed by atoms with E-state index in [0.29, 0.717) is 16.9 Å². The highest BCUT2D eigenvalue weighted by Crippen LogP contribution is 2.26. The Morgan fingerprint density at radius 1 is 1.31 bits per heavy atom. The van der Waals surface area contributed by atoms with Crippen LogP contribution in [0.4, 0.5) is 0 Å². The highest BCUT2D eigenvalue weighted by atomic mass is 32.2. The van der Waals surface area contributed by atoms with Crippen LogP contribution in [-0.2, 0) is 9.84 Å². The summed E-state index contributed by atoms with van der Waals surface area (Å²) in [7, 11) is -1.99. The lowest BCUT2D eigenvalue weighted by Crippen LogP contribution is -2.09. The summed E-state index contributed by atoms with van der Waals surface area (Å²) in [5.74, 6) is 0.118. The molecule has 0 heterocycles. The normalized spacial score (nSPS) is 10.9. The first kappa shape index (κ1) is 12.5. The Kier molecular flexibility index (Phi) is 3.55. The van der Waals surface area contributed by atoms with Gasteiger partial charge in [-0.1, -0.05) is 0 Å². The van der Waals surface area contributed by atoms with E-state index >= 15 is 0 Å². The van der Waals surface area contributed by atoms with Crippen molar-refractivity contribution in [1.82, 2.24) is 0 Å². The van der Waals surface area contributed by atoms with Crippen LogP contribution in [0.5, 0.6) is 5.75 Å². The van der Waals surface area contributed by atoms with E-state index in [0.717, 1.165) is 0 Å². The van der Waals surface area contributed by atoms with E-state index in [-0.39, 0.29) is 4.90 Å². The van der Waals surface area contributed by atoms with E-state index in [2.05, 4.69) is 0 Å². The molecule has 1 rings (SSSR count). The molecule has 0 spiro atoms. The Labute approximate surface area is 95.4 Å². The lowest BCUT2D eigenvalue weighted by atomic mass is 10.1. The van der Waals surface area contributed by atoms with Gasteiger partial charge < -0.3 is 4.74 Å². The first-order chi connectivity index (χ1) is 7.42. The number of aryl methyl sites for hydroxylation is 2. The molecule has 0 aliphatic carbocycles. The average molecular weight is 239 g/mol. The highest BCUT2D eigenvalue weighted by Gasteiger charge is 2.20. The summed E-state index contributed by atoms with van der Waals surface area (Å²) in [6.07, 6.45) is 0. The molecule has 0 saturated heterocycles. The minimum atomic E-state index is -3.51. The number of hydrogen-bond donors (Lipinski definition) is 0. The standard InChI is InChI=1S/C11H13NO3S/c1-8-6-10(15-3)7-9(2)11(8)16(13,14)5-4-12/h6-7H,5H2,1-3H3. The van der Waals surface area contributed by atoms with Crippen LogP contribution in [0.15, 0.2) is 17.0 Å². The van der Waals surface area contributed by atoms with Crippen LogP contribution in [0, 0.1) is 25.2 Å². The van der Waals surface area contributed by atoms with E-state index in [9.17, 15) is 8.42 Å². The van der Waals surface area contributed by atoms with Gasteiger partial charge in [0.25, 0.3) is 0 Å². The van der Waals surface area contributed by atoms with Crippen LogP contribution in [-0.4, -0.2) is 21.3 Å². The lowest BCUT2D eigenvalue weighted by Gasteiger charge is -2.10. The number of rotatable bonds is 3. The molecule has 4 nitrogen and oxygen atoms in total. The molecular weight excluding hydrogens is 226 g/mol. The smallest absolute Gasteiger partial charge is 0.192 e. The van der Waals surface area contributed by atoms with Gasteiger partial charge in [-0.15, -0.1) is 0 Å². The first-order valence-electron chi connectivity index (χ1n) is 4.67. The topological polar surface area (TPSA) is 67.2 Å². The van der Waals surface area contributed by atoms with Crippen LogP contribution in [0.2, 0.25) is 0 Å². The van der Waals surface area contributed by atoms with Crippen LogP contribution < -0.4 is 4.74 Å². The molecule has 0 bridgehead atoms. The molecule has 0 amide bonds. The molecule has 0 saturated carbocycles. The van der Waals surface area contributed by atoms with Crippen molar-refractivity contribution in [3.05, 3.63) is 23.3 Å². The van der Waals surface area contributed by atoms with Gasteiger partial charge in [-0.25, -0.2) is 8.42 Å². The third-order valence-corrected chi connectivity index (χ3v) is 4.01. The summed E-state index contributed by atoms with van der Waals surface area (Å²) in [5, 5.41) is 8.49. The van der Waals surface area contributed by atoms with Crippen LogP contribution in [0.25, 0.3) is 0 Å². The number of hydrogen-bond acceptors (Lipinski definition) is 4. The monoisotopic (exact) mass is 239 g/mol. The minimum Gasteiger partial charge on any atom is -0.497 e. The van der Waals surface area contributed by atoms with Crippen molar-refractivity contribution in [1.29, 1.82) is 5.26 Å². The van der Waals surface area contributed by atoms with Crippen LogP contribution in [0.1, 0.15) is 11.1 Å². The fraction of sp³-hybridized carbons (Fsp3) is 0.364. The highest BCUT2D eigenvalue weighted by molar-refractivity contribution is 7.91. The minimum absolute atomic E-state index is 0.231. The molecule has 0 fully saturated rings. The van der Waals surface area contributed by atoms with Crippen molar-refractivity contribution in [2.24, 2.45) is 0 Å².